The van der Waals surface area contributed by atoms with Gasteiger partial charge in [0.15, 0.2) is 0 Å². The molecule has 0 saturated carbocycles. The molecule has 0 fully saturated rings. The van der Waals surface area contributed by atoms with Crippen LogP contribution in [0.1, 0.15) is 5.56 Å². The summed E-state index contributed by atoms with van der Waals surface area (Å²) in [6, 6.07) is 9.07. The lowest BCUT2D eigenvalue weighted by molar-refractivity contribution is -0.385. The summed E-state index contributed by atoms with van der Waals surface area (Å²) in [6.07, 6.45) is 3.69. The lowest BCUT2D eigenvalue weighted by Crippen LogP contribution is -1.96. The van der Waals surface area contributed by atoms with Gasteiger partial charge in [0.25, 0.3) is 0 Å². The Kier molecular flexibility index (Phi) is 4.25. The molecule has 0 spiro atoms. The molecule has 2 rings (SSSR count). The van der Waals surface area contributed by atoms with Gasteiger partial charge in [-0.15, -0.1) is 0 Å². The van der Waals surface area contributed by atoms with E-state index in [1.54, 1.807) is 18.2 Å². The second-order valence-corrected chi connectivity index (χ2v) is 3.90. The normalized spacial score (nSPS) is 10.5. The van der Waals surface area contributed by atoms with Crippen LogP contribution in [0, 0.1) is 10.1 Å². The van der Waals surface area contributed by atoms with Gasteiger partial charge >= 0.3 is 11.7 Å². The topological polar surface area (TPSA) is 103 Å². The van der Waals surface area contributed by atoms with Crippen LogP contribution in [0.5, 0.6) is 11.6 Å². The third-order valence-corrected chi connectivity index (χ3v) is 2.47. The molecule has 0 unspecified atom stereocenters. The van der Waals surface area contributed by atoms with Gasteiger partial charge in [-0.3, -0.25) is 10.1 Å². The number of aliphatic carboxylic acids is 1. The molecule has 7 heteroatoms. The van der Waals surface area contributed by atoms with Crippen LogP contribution in [0.25, 0.3) is 6.08 Å². The predicted octanol–water partition coefficient (Wildman–Crippen LogP) is 2.88. The largest absolute Gasteiger partial charge is 0.478 e. The fourth-order valence-electron chi connectivity index (χ4n) is 1.57. The highest BCUT2D eigenvalue weighted by Gasteiger charge is 2.16. The predicted molar refractivity (Wildman–Crippen MR) is 74.1 cm³/mol. The number of hydrogen-bond acceptors (Lipinski definition) is 5. The van der Waals surface area contributed by atoms with Crippen LogP contribution in [-0.2, 0) is 4.79 Å². The van der Waals surface area contributed by atoms with Gasteiger partial charge in [0.1, 0.15) is 0 Å². The highest BCUT2D eigenvalue weighted by molar-refractivity contribution is 5.85. The number of para-hydroxylation sites is 2. The van der Waals surface area contributed by atoms with Crippen molar-refractivity contribution in [2.45, 2.75) is 0 Å². The molecule has 0 saturated heterocycles. The van der Waals surface area contributed by atoms with Crippen molar-refractivity contribution in [1.82, 2.24) is 4.98 Å². The molecule has 1 N–H and O–H groups in total. The van der Waals surface area contributed by atoms with E-state index in [1.807, 2.05) is 0 Å². The van der Waals surface area contributed by atoms with Gasteiger partial charge in [0, 0.05) is 23.9 Å². The van der Waals surface area contributed by atoms with Crippen molar-refractivity contribution in [3.8, 4) is 11.6 Å². The quantitative estimate of drug-likeness (QED) is 0.515. The van der Waals surface area contributed by atoms with Crippen molar-refractivity contribution >= 4 is 17.7 Å². The average Bonchev–Trinajstić information content (AvgIpc) is 2.46. The van der Waals surface area contributed by atoms with E-state index >= 15 is 0 Å². The number of nitrogens with zero attached hydrogens (tertiary/aromatic N) is 2. The number of rotatable bonds is 5. The molecule has 0 aliphatic heterocycles. The number of nitro benzene ring substituents is 1. The molecule has 0 bridgehead atoms. The number of ether oxygens (including phenoxy) is 1. The van der Waals surface area contributed by atoms with E-state index in [4.69, 9.17) is 9.84 Å². The van der Waals surface area contributed by atoms with E-state index < -0.39 is 10.9 Å². The second kappa shape index (κ2) is 6.29. The summed E-state index contributed by atoms with van der Waals surface area (Å²) >= 11 is 0. The van der Waals surface area contributed by atoms with Gasteiger partial charge in [0.05, 0.1) is 4.92 Å². The molecule has 0 aliphatic rings. The molecular weight excluding hydrogens is 276 g/mol. The zero-order chi connectivity index (χ0) is 15.2. The first-order valence-corrected chi connectivity index (χ1v) is 5.85. The molecule has 7 nitrogen and oxygen atoms in total. The molecule has 0 amide bonds. The minimum absolute atomic E-state index is 0.0335. The van der Waals surface area contributed by atoms with Crippen molar-refractivity contribution in [3.05, 3.63) is 64.3 Å². The lowest BCUT2D eigenvalue weighted by atomic mass is 10.2. The van der Waals surface area contributed by atoms with E-state index in [2.05, 4.69) is 4.98 Å². The molecule has 0 atom stereocenters. The highest BCUT2D eigenvalue weighted by atomic mass is 16.6. The number of benzene rings is 1. The molecule has 21 heavy (non-hydrogen) atoms. The van der Waals surface area contributed by atoms with Crippen LogP contribution in [0.4, 0.5) is 5.69 Å². The summed E-state index contributed by atoms with van der Waals surface area (Å²) in [7, 11) is 0. The summed E-state index contributed by atoms with van der Waals surface area (Å²) in [5, 5.41) is 19.6. The molecule has 0 aliphatic carbocycles. The Morgan fingerprint density at radius 3 is 2.76 bits per heavy atom. The van der Waals surface area contributed by atoms with Gasteiger partial charge < -0.3 is 9.84 Å². The third-order valence-electron chi connectivity index (χ3n) is 2.47. The van der Waals surface area contributed by atoms with Crippen LogP contribution in [0.15, 0.2) is 48.7 Å². The Morgan fingerprint density at radius 2 is 2.05 bits per heavy atom. The van der Waals surface area contributed by atoms with E-state index in [9.17, 15) is 14.9 Å². The van der Waals surface area contributed by atoms with Gasteiger partial charge in [-0.05, 0) is 24.3 Å². The third kappa shape index (κ3) is 3.63. The first-order valence-electron chi connectivity index (χ1n) is 5.85. The van der Waals surface area contributed by atoms with Crippen LogP contribution in [0.3, 0.4) is 0 Å². The van der Waals surface area contributed by atoms with Gasteiger partial charge in [-0.25, -0.2) is 9.78 Å². The highest BCUT2D eigenvalue weighted by Crippen LogP contribution is 2.31. The van der Waals surface area contributed by atoms with Crippen LogP contribution >= 0.6 is 0 Å². The SMILES string of the molecule is O=C(O)/C=C/c1cccnc1Oc1ccccc1[N+](=O)[O-]. The Morgan fingerprint density at radius 1 is 1.29 bits per heavy atom. The minimum atomic E-state index is -1.12. The fourth-order valence-corrected chi connectivity index (χ4v) is 1.57. The Labute approximate surface area is 119 Å². The van der Waals surface area contributed by atoms with Gasteiger partial charge in [0.2, 0.25) is 11.6 Å². The first-order chi connectivity index (χ1) is 10.1. The summed E-state index contributed by atoms with van der Waals surface area (Å²) < 4.78 is 5.44. The van der Waals surface area contributed by atoms with Crippen LogP contribution < -0.4 is 4.74 Å². The fraction of sp³-hybridized carbons (Fsp3) is 0. The molecule has 2 aromatic rings. The monoisotopic (exact) mass is 286 g/mol. The number of pyridine rings is 1. The van der Waals surface area contributed by atoms with Crippen molar-refractivity contribution in [2.24, 2.45) is 0 Å². The van der Waals surface area contributed by atoms with Gasteiger partial charge in [-0.1, -0.05) is 12.1 Å². The number of hydrogen-bond donors (Lipinski definition) is 1. The maximum Gasteiger partial charge on any atom is 0.328 e. The molecule has 1 heterocycles. The zero-order valence-corrected chi connectivity index (χ0v) is 10.7. The van der Waals surface area contributed by atoms with Gasteiger partial charge in [-0.2, -0.15) is 0 Å². The first kappa shape index (κ1) is 14.2. The standard InChI is InChI=1S/C14H10N2O5/c17-13(18)8-7-10-4-3-9-15-14(10)21-12-6-2-1-5-11(12)16(19)20/h1-9H,(H,17,18)/b8-7+. The Hall–Kier alpha value is -3.22. The van der Waals surface area contributed by atoms with E-state index in [0.29, 0.717) is 5.56 Å². The maximum atomic E-state index is 10.9. The smallest absolute Gasteiger partial charge is 0.328 e. The van der Waals surface area contributed by atoms with Crippen molar-refractivity contribution < 1.29 is 19.6 Å². The summed E-state index contributed by atoms with van der Waals surface area (Å²) in [5.41, 5.74) is 0.203. The summed E-state index contributed by atoms with van der Waals surface area (Å²) in [4.78, 5) is 24.9. The lowest BCUT2D eigenvalue weighted by Gasteiger charge is -2.07. The zero-order valence-electron chi connectivity index (χ0n) is 10.7. The molecule has 0 radical (unpaired) electrons. The maximum absolute atomic E-state index is 10.9. The van der Waals surface area contributed by atoms with E-state index in [1.165, 1.54) is 30.5 Å². The number of nitro groups is 1. The van der Waals surface area contributed by atoms with E-state index in [-0.39, 0.29) is 17.3 Å². The number of carboxylic acids is 1. The molecular formula is C14H10N2O5. The minimum Gasteiger partial charge on any atom is -0.478 e. The number of carbonyl (C=O) groups is 1. The van der Waals surface area contributed by atoms with Crippen LogP contribution in [0.2, 0.25) is 0 Å². The molecule has 1 aromatic carbocycles. The summed E-state index contributed by atoms with van der Waals surface area (Å²) in [5.74, 6) is -0.994. The number of carboxylic acid groups (broad SMARTS) is 1. The Bertz CT molecular complexity index is 712. The Balaban J connectivity index is 2.37. The van der Waals surface area contributed by atoms with Crippen molar-refractivity contribution in [1.29, 1.82) is 0 Å². The van der Waals surface area contributed by atoms with Crippen molar-refractivity contribution in [2.75, 3.05) is 0 Å². The average molecular weight is 286 g/mol. The van der Waals surface area contributed by atoms with Crippen molar-refractivity contribution in [3.63, 3.8) is 0 Å². The molecule has 106 valence electrons. The van der Waals surface area contributed by atoms with Crippen LogP contribution in [-0.4, -0.2) is 21.0 Å². The number of aromatic nitrogens is 1. The summed E-state index contributed by atoms with van der Waals surface area (Å²) in [6.45, 7) is 0. The molecule has 1 aromatic heterocycles. The second-order valence-electron chi connectivity index (χ2n) is 3.90. The van der Waals surface area contributed by atoms with E-state index in [0.717, 1.165) is 6.08 Å².